The van der Waals surface area contributed by atoms with E-state index in [1.807, 2.05) is 0 Å². The third kappa shape index (κ3) is 2.14. The minimum absolute atomic E-state index is 0.0101. The molecule has 1 saturated heterocycles. The van der Waals surface area contributed by atoms with Crippen LogP contribution in [0, 0.1) is 0 Å². The van der Waals surface area contributed by atoms with Gasteiger partial charge in [-0.25, -0.2) is 4.79 Å². The van der Waals surface area contributed by atoms with Crippen molar-refractivity contribution in [3.8, 4) is 0 Å². The zero-order chi connectivity index (χ0) is 12.6. The van der Waals surface area contributed by atoms with Gasteiger partial charge in [0.2, 0.25) is 0 Å². The largest absolute Gasteiger partial charge is 0.478 e. The van der Waals surface area contributed by atoms with Crippen LogP contribution in [0.5, 0.6) is 0 Å². The minimum Gasteiger partial charge on any atom is -0.478 e. The van der Waals surface area contributed by atoms with E-state index in [0.717, 1.165) is 0 Å². The van der Waals surface area contributed by atoms with Gasteiger partial charge in [0, 0.05) is 0 Å². The van der Waals surface area contributed by atoms with Gasteiger partial charge in [-0.05, 0) is 19.1 Å². The fourth-order valence-electron chi connectivity index (χ4n) is 1.95. The summed E-state index contributed by atoms with van der Waals surface area (Å²) in [5, 5.41) is 18.5. The number of aromatic carboxylic acids is 1. The fraction of sp³-hybridized carbons (Fsp3) is 0.333. The molecule has 0 aromatic heterocycles. The van der Waals surface area contributed by atoms with Gasteiger partial charge >= 0.3 is 5.97 Å². The molecule has 2 N–H and O–H groups in total. The van der Waals surface area contributed by atoms with E-state index in [-0.39, 0.29) is 30.1 Å². The summed E-state index contributed by atoms with van der Waals surface area (Å²) in [6.07, 6.45) is 0. The van der Waals surface area contributed by atoms with Crippen LogP contribution in [0.3, 0.4) is 0 Å². The van der Waals surface area contributed by atoms with Crippen LogP contribution in [-0.4, -0.2) is 45.7 Å². The number of carboxylic acids is 1. The van der Waals surface area contributed by atoms with Gasteiger partial charge in [0.05, 0.1) is 29.8 Å². The number of rotatable bonds is 2. The number of carbonyl (C=O) groups is 2. The van der Waals surface area contributed by atoms with E-state index >= 15 is 0 Å². The van der Waals surface area contributed by atoms with Gasteiger partial charge in [-0.15, -0.1) is 0 Å². The van der Waals surface area contributed by atoms with Crippen LogP contribution in [0.1, 0.15) is 27.6 Å². The Morgan fingerprint density at radius 1 is 1.24 bits per heavy atom. The standard InChI is InChI=1S/C12H13NO4/c1-12(17)6-13(7-12)10(14)8-4-2-3-5-9(8)11(15)16/h2-5,17H,6-7H2,1H3,(H,15,16). The van der Waals surface area contributed by atoms with Crippen LogP contribution in [0.15, 0.2) is 24.3 Å². The highest BCUT2D eigenvalue weighted by Gasteiger charge is 2.40. The Bertz CT molecular complexity index is 473. The number of benzene rings is 1. The molecule has 0 unspecified atom stereocenters. The summed E-state index contributed by atoms with van der Waals surface area (Å²) in [5.74, 6) is -1.48. The Labute approximate surface area is 98.3 Å². The van der Waals surface area contributed by atoms with Gasteiger partial charge in [0.25, 0.3) is 5.91 Å². The molecule has 0 radical (unpaired) electrons. The molecule has 1 fully saturated rings. The Morgan fingerprint density at radius 2 is 1.76 bits per heavy atom. The molecule has 5 nitrogen and oxygen atoms in total. The van der Waals surface area contributed by atoms with Crippen LogP contribution in [-0.2, 0) is 0 Å². The van der Waals surface area contributed by atoms with E-state index in [9.17, 15) is 14.7 Å². The zero-order valence-corrected chi connectivity index (χ0v) is 9.38. The summed E-state index contributed by atoms with van der Waals surface area (Å²) >= 11 is 0. The summed E-state index contributed by atoms with van der Waals surface area (Å²) in [5.41, 5.74) is -0.701. The first-order chi connectivity index (χ1) is 7.91. The molecule has 0 aliphatic carbocycles. The minimum atomic E-state index is -1.12. The summed E-state index contributed by atoms with van der Waals surface area (Å²) in [6, 6.07) is 6.08. The Hall–Kier alpha value is -1.88. The first-order valence-electron chi connectivity index (χ1n) is 5.25. The molecule has 0 spiro atoms. The molecule has 0 bridgehead atoms. The summed E-state index contributed by atoms with van der Waals surface area (Å²) < 4.78 is 0. The molecule has 1 aliphatic heterocycles. The lowest BCUT2D eigenvalue weighted by Gasteiger charge is -2.44. The van der Waals surface area contributed by atoms with Crippen molar-refractivity contribution < 1.29 is 19.8 Å². The van der Waals surface area contributed by atoms with Gasteiger partial charge in [-0.3, -0.25) is 4.79 Å². The zero-order valence-electron chi connectivity index (χ0n) is 9.38. The number of likely N-dealkylation sites (tertiary alicyclic amines) is 1. The van der Waals surface area contributed by atoms with Crippen LogP contribution in [0.2, 0.25) is 0 Å². The predicted molar refractivity (Wildman–Crippen MR) is 59.9 cm³/mol. The number of aliphatic hydroxyl groups is 1. The molecule has 1 aromatic carbocycles. The normalized spacial score (nSPS) is 17.4. The lowest BCUT2D eigenvalue weighted by molar-refractivity contribution is -0.0669. The van der Waals surface area contributed by atoms with Crippen molar-refractivity contribution in [2.24, 2.45) is 0 Å². The second kappa shape index (κ2) is 3.85. The second-order valence-corrected chi connectivity index (χ2v) is 4.51. The van der Waals surface area contributed by atoms with Gasteiger partial charge in [-0.2, -0.15) is 0 Å². The molecule has 90 valence electrons. The Kier molecular flexibility index (Phi) is 2.63. The van der Waals surface area contributed by atoms with Gasteiger partial charge in [0.1, 0.15) is 0 Å². The quantitative estimate of drug-likeness (QED) is 0.786. The summed E-state index contributed by atoms with van der Waals surface area (Å²) in [4.78, 5) is 24.4. The summed E-state index contributed by atoms with van der Waals surface area (Å²) in [6.45, 7) is 2.11. The number of hydrogen-bond donors (Lipinski definition) is 2. The second-order valence-electron chi connectivity index (χ2n) is 4.51. The topological polar surface area (TPSA) is 77.8 Å². The number of carboxylic acid groups (broad SMARTS) is 1. The molecule has 1 aromatic rings. The van der Waals surface area contributed by atoms with Gasteiger partial charge < -0.3 is 15.1 Å². The predicted octanol–water partition coefficient (Wildman–Crippen LogP) is 0.592. The molecule has 0 atom stereocenters. The van der Waals surface area contributed by atoms with Crippen molar-refractivity contribution >= 4 is 11.9 Å². The third-order valence-electron chi connectivity index (χ3n) is 2.74. The number of hydrogen-bond acceptors (Lipinski definition) is 3. The van der Waals surface area contributed by atoms with E-state index < -0.39 is 11.6 Å². The van der Waals surface area contributed by atoms with Crippen molar-refractivity contribution in [3.05, 3.63) is 35.4 Å². The van der Waals surface area contributed by atoms with E-state index in [2.05, 4.69) is 0 Å². The highest BCUT2D eigenvalue weighted by atomic mass is 16.4. The SMILES string of the molecule is CC1(O)CN(C(=O)c2ccccc2C(=O)O)C1. The van der Waals surface area contributed by atoms with E-state index in [0.29, 0.717) is 0 Å². The van der Waals surface area contributed by atoms with E-state index in [1.54, 1.807) is 19.1 Å². The highest BCUT2D eigenvalue weighted by molar-refractivity contribution is 6.05. The van der Waals surface area contributed by atoms with Crippen molar-refractivity contribution in [1.29, 1.82) is 0 Å². The Morgan fingerprint density at radius 3 is 2.24 bits per heavy atom. The molecule has 2 rings (SSSR count). The lowest BCUT2D eigenvalue weighted by atomic mass is 9.95. The van der Waals surface area contributed by atoms with Crippen LogP contribution >= 0.6 is 0 Å². The number of carbonyl (C=O) groups excluding carboxylic acids is 1. The molecule has 1 heterocycles. The molecule has 1 aliphatic rings. The molecule has 5 heteroatoms. The van der Waals surface area contributed by atoms with Crippen molar-refractivity contribution in [3.63, 3.8) is 0 Å². The van der Waals surface area contributed by atoms with E-state index in [4.69, 9.17) is 5.11 Å². The summed E-state index contributed by atoms with van der Waals surface area (Å²) in [7, 11) is 0. The third-order valence-corrected chi connectivity index (χ3v) is 2.74. The number of amides is 1. The van der Waals surface area contributed by atoms with Crippen molar-refractivity contribution in [1.82, 2.24) is 4.90 Å². The monoisotopic (exact) mass is 235 g/mol. The maximum absolute atomic E-state index is 12.0. The maximum Gasteiger partial charge on any atom is 0.336 e. The van der Waals surface area contributed by atoms with Crippen LogP contribution in [0.25, 0.3) is 0 Å². The molecule has 1 amide bonds. The van der Waals surface area contributed by atoms with Gasteiger partial charge in [-0.1, -0.05) is 12.1 Å². The average molecular weight is 235 g/mol. The molecule has 0 saturated carbocycles. The molecule has 17 heavy (non-hydrogen) atoms. The van der Waals surface area contributed by atoms with Crippen LogP contribution in [0.4, 0.5) is 0 Å². The number of nitrogens with zero attached hydrogens (tertiary/aromatic N) is 1. The first-order valence-corrected chi connectivity index (χ1v) is 5.25. The lowest BCUT2D eigenvalue weighted by Crippen LogP contribution is -2.61. The van der Waals surface area contributed by atoms with Crippen molar-refractivity contribution in [2.75, 3.05) is 13.1 Å². The molecular formula is C12H13NO4. The van der Waals surface area contributed by atoms with Gasteiger partial charge in [0.15, 0.2) is 0 Å². The fourth-order valence-corrected chi connectivity index (χ4v) is 1.95. The smallest absolute Gasteiger partial charge is 0.336 e. The first kappa shape index (κ1) is 11.6. The number of β-amino-alcohol motifs (C(OH)–C–C–N with tert-alkyl or cyclic N) is 1. The Balaban J connectivity index is 2.24. The maximum atomic E-state index is 12.0. The highest BCUT2D eigenvalue weighted by Crippen LogP contribution is 2.23. The van der Waals surface area contributed by atoms with Crippen molar-refractivity contribution in [2.45, 2.75) is 12.5 Å². The molecular weight excluding hydrogens is 222 g/mol. The van der Waals surface area contributed by atoms with E-state index in [1.165, 1.54) is 17.0 Å². The average Bonchev–Trinajstić information content (AvgIpc) is 2.24. The van der Waals surface area contributed by atoms with Crippen LogP contribution < -0.4 is 0 Å².